The molecule has 0 spiro atoms. The molecule has 0 aliphatic heterocycles. The molecule has 0 fully saturated rings. The van der Waals surface area contributed by atoms with Gasteiger partial charge in [-0.15, -0.1) is 0 Å². The molecule has 1 heterocycles. The molecule has 8 heteroatoms. The summed E-state index contributed by atoms with van der Waals surface area (Å²) in [5, 5.41) is 2.62. The van der Waals surface area contributed by atoms with Crippen molar-refractivity contribution < 1.29 is 22.7 Å². The van der Waals surface area contributed by atoms with Crippen LogP contribution < -0.4 is 10.1 Å². The molecule has 4 nitrogen and oxygen atoms in total. The van der Waals surface area contributed by atoms with Crippen molar-refractivity contribution in [2.24, 2.45) is 0 Å². The summed E-state index contributed by atoms with van der Waals surface area (Å²) in [6.07, 6.45) is -4.43. The van der Waals surface area contributed by atoms with Gasteiger partial charge in [-0.3, -0.25) is 4.79 Å². The van der Waals surface area contributed by atoms with Gasteiger partial charge in [-0.05, 0) is 30.7 Å². The molecule has 0 radical (unpaired) electrons. The Labute approximate surface area is 141 Å². The number of nitrogens with zero attached hydrogens (tertiary/aromatic N) is 1. The van der Waals surface area contributed by atoms with Gasteiger partial charge in [-0.1, -0.05) is 23.7 Å². The molecule has 128 valence electrons. The van der Waals surface area contributed by atoms with E-state index in [-0.39, 0.29) is 23.1 Å². The molecule has 0 saturated carbocycles. The van der Waals surface area contributed by atoms with Gasteiger partial charge in [0.1, 0.15) is 0 Å². The third-order valence-electron chi connectivity index (χ3n) is 3.04. The van der Waals surface area contributed by atoms with E-state index in [2.05, 4.69) is 10.3 Å². The third-order valence-corrected chi connectivity index (χ3v) is 3.34. The fourth-order valence-electron chi connectivity index (χ4n) is 1.94. The first-order valence-corrected chi connectivity index (χ1v) is 7.42. The smallest absolute Gasteiger partial charge is 0.416 e. The second-order valence-corrected chi connectivity index (χ2v) is 5.20. The van der Waals surface area contributed by atoms with Gasteiger partial charge in [0, 0.05) is 12.6 Å². The molecule has 0 atom stereocenters. The standard InChI is InChI=1S/C16H14ClF3N2O2/c1-2-24-13-7-6-12(17)14(22-13)15(23)21-9-10-4-3-5-11(8-10)16(18,19)20/h3-8H,2,9H2,1H3,(H,21,23). The van der Waals surface area contributed by atoms with Gasteiger partial charge in [0.25, 0.3) is 5.91 Å². The van der Waals surface area contributed by atoms with E-state index in [1.165, 1.54) is 24.3 Å². The number of ether oxygens (including phenoxy) is 1. The second-order valence-electron chi connectivity index (χ2n) is 4.79. The van der Waals surface area contributed by atoms with E-state index in [4.69, 9.17) is 16.3 Å². The number of nitrogens with one attached hydrogen (secondary N) is 1. The molecule has 2 rings (SSSR count). The minimum Gasteiger partial charge on any atom is -0.478 e. The predicted molar refractivity (Wildman–Crippen MR) is 83.0 cm³/mol. The Balaban J connectivity index is 2.10. The van der Waals surface area contributed by atoms with Crippen LogP contribution in [0.2, 0.25) is 5.02 Å². The molecule has 0 aliphatic carbocycles. The van der Waals surface area contributed by atoms with Crippen molar-refractivity contribution in [3.8, 4) is 5.88 Å². The molecule has 1 aromatic heterocycles. The van der Waals surface area contributed by atoms with E-state index >= 15 is 0 Å². The van der Waals surface area contributed by atoms with Crippen LogP contribution in [0.4, 0.5) is 13.2 Å². The molecular weight excluding hydrogens is 345 g/mol. The van der Waals surface area contributed by atoms with Gasteiger partial charge < -0.3 is 10.1 Å². The minimum absolute atomic E-state index is 0.0467. The Kier molecular flexibility index (Phi) is 5.66. The van der Waals surface area contributed by atoms with Crippen LogP contribution in [0.1, 0.15) is 28.5 Å². The maximum absolute atomic E-state index is 12.7. The summed E-state index contributed by atoms with van der Waals surface area (Å²) in [6, 6.07) is 7.71. The second kappa shape index (κ2) is 7.53. The molecule has 0 saturated heterocycles. The van der Waals surface area contributed by atoms with Gasteiger partial charge in [0.05, 0.1) is 17.2 Å². The first kappa shape index (κ1) is 18.1. The maximum Gasteiger partial charge on any atom is 0.416 e. The van der Waals surface area contributed by atoms with Crippen molar-refractivity contribution in [1.82, 2.24) is 10.3 Å². The van der Waals surface area contributed by atoms with Crippen LogP contribution >= 0.6 is 11.6 Å². The van der Waals surface area contributed by atoms with Gasteiger partial charge in [-0.2, -0.15) is 13.2 Å². The molecule has 1 aromatic carbocycles. The van der Waals surface area contributed by atoms with Crippen LogP contribution in [0, 0.1) is 0 Å². The molecule has 0 unspecified atom stereocenters. The normalized spacial score (nSPS) is 11.2. The largest absolute Gasteiger partial charge is 0.478 e. The van der Waals surface area contributed by atoms with Crippen molar-refractivity contribution in [2.75, 3.05) is 6.61 Å². The Morgan fingerprint density at radius 2 is 2.04 bits per heavy atom. The average molecular weight is 359 g/mol. The summed E-state index contributed by atoms with van der Waals surface area (Å²) < 4.78 is 43.2. The summed E-state index contributed by atoms with van der Waals surface area (Å²) in [4.78, 5) is 16.1. The van der Waals surface area contributed by atoms with Crippen molar-refractivity contribution in [3.05, 3.63) is 58.2 Å². The van der Waals surface area contributed by atoms with Crippen LogP contribution in [0.3, 0.4) is 0 Å². The number of alkyl halides is 3. The third kappa shape index (κ3) is 4.61. The summed E-state index contributed by atoms with van der Waals surface area (Å²) in [5.74, 6) is -0.356. The highest BCUT2D eigenvalue weighted by Crippen LogP contribution is 2.29. The van der Waals surface area contributed by atoms with Crippen LogP contribution in [-0.2, 0) is 12.7 Å². The van der Waals surface area contributed by atoms with E-state index in [0.29, 0.717) is 12.2 Å². The number of pyridine rings is 1. The zero-order valence-corrected chi connectivity index (χ0v) is 13.4. The van der Waals surface area contributed by atoms with E-state index in [9.17, 15) is 18.0 Å². The Morgan fingerprint density at radius 1 is 1.29 bits per heavy atom. The lowest BCUT2D eigenvalue weighted by Gasteiger charge is -2.10. The number of hydrogen-bond acceptors (Lipinski definition) is 3. The number of hydrogen-bond donors (Lipinski definition) is 1. The van der Waals surface area contributed by atoms with E-state index < -0.39 is 17.6 Å². The summed E-state index contributed by atoms with van der Waals surface area (Å²) in [7, 11) is 0. The van der Waals surface area contributed by atoms with Crippen LogP contribution in [0.15, 0.2) is 36.4 Å². The quantitative estimate of drug-likeness (QED) is 0.876. The molecule has 1 N–H and O–H groups in total. The highest BCUT2D eigenvalue weighted by molar-refractivity contribution is 6.33. The molecular formula is C16H14ClF3N2O2. The summed E-state index contributed by atoms with van der Waals surface area (Å²) in [6.45, 7) is 2.06. The van der Waals surface area contributed by atoms with Gasteiger partial charge >= 0.3 is 6.18 Å². The molecule has 2 aromatic rings. The van der Waals surface area contributed by atoms with Gasteiger partial charge in [-0.25, -0.2) is 4.98 Å². The van der Waals surface area contributed by atoms with Crippen LogP contribution in [-0.4, -0.2) is 17.5 Å². The zero-order chi connectivity index (χ0) is 17.7. The van der Waals surface area contributed by atoms with Crippen molar-refractivity contribution >= 4 is 17.5 Å². The minimum atomic E-state index is -4.43. The number of aromatic nitrogens is 1. The van der Waals surface area contributed by atoms with E-state index in [1.807, 2.05) is 0 Å². The zero-order valence-electron chi connectivity index (χ0n) is 12.7. The lowest BCUT2D eigenvalue weighted by atomic mass is 10.1. The molecule has 0 aliphatic rings. The topological polar surface area (TPSA) is 51.2 Å². The van der Waals surface area contributed by atoms with Crippen molar-refractivity contribution in [1.29, 1.82) is 0 Å². The Bertz CT molecular complexity index is 736. The van der Waals surface area contributed by atoms with Crippen LogP contribution in [0.5, 0.6) is 5.88 Å². The number of carbonyl (C=O) groups is 1. The Hall–Kier alpha value is -2.28. The van der Waals surface area contributed by atoms with Crippen molar-refractivity contribution in [2.45, 2.75) is 19.6 Å². The fourth-order valence-corrected chi connectivity index (χ4v) is 2.13. The van der Waals surface area contributed by atoms with Gasteiger partial charge in [0.15, 0.2) is 5.69 Å². The highest BCUT2D eigenvalue weighted by atomic mass is 35.5. The molecule has 1 amide bonds. The van der Waals surface area contributed by atoms with E-state index in [0.717, 1.165) is 12.1 Å². The first-order chi connectivity index (χ1) is 11.3. The van der Waals surface area contributed by atoms with Crippen molar-refractivity contribution in [3.63, 3.8) is 0 Å². The van der Waals surface area contributed by atoms with Gasteiger partial charge in [0.2, 0.25) is 5.88 Å². The first-order valence-electron chi connectivity index (χ1n) is 7.05. The predicted octanol–water partition coefficient (Wildman–Crippen LogP) is 4.08. The van der Waals surface area contributed by atoms with Crippen LogP contribution in [0.25, 0.3) is 0 Å². The SMILES string of the molecule is CCOc1ccc(Cl)c(C(=O)NCc2cccc(C(F)(F)F)c2)n1. The number of rotatable bonds is 5. The number of halogens is 4. The fraction of sp³-hybridized carbons (Fsp3) is 0.250. The Morgan fingerprint density at radius 3 is 2.71 bits per heavy atom. The summed E-state index contributed by atoms with van der Waals surface area (Å²) >= 11 is 5.93. The lowest BCUT2D eigenvalue weighted by molar-refractivity contribution is -0.137. The van der Waals surface area contributed by atoms with E-state index in [1.54, 1.807) is 6.92 Å². The summed E-state index contributed by atoms with van der Waals surface area (Å²) in [5.41, 5.74) is -0.506. The maximum atomic E-state index is 12.7. The number of carbonyl (C=O) groups excluding carboxylic acids is 1. The number of benzene rings is 1. The average Bonchev–Trinajstić information content (AvgIpc) is 2.54. The monoisotopic (exact) mass is 358 g/mol. The highest BCUT2D eigenvalue weighted by Gasteiger charge is 2.30. The molecule has 0 bridgehead atoms. The molecule has 24 heavy (non-hydrogen) atoms. The number of amides is 1. The lowest BCUT2D eigenvalue weighted by Crippen LogP contribution is -2.24.